The number of aromatic nitrogens is 1. The van der Waals surface area contributed by atoms with E-state index in [0.717, 1.165) is 43.0 Å². The summed E-state index contributed by atoms with van der Waals surface area (Å²) in [4.78, 5) is 19.3. The largest absolute Gasteiger partial charge is 0.547 e. The predicted octanol–water partition coefficient (Wildman–Crippen LogP) is 1.00. The molecule has 28 heavy (non-hydrogen) atoms. The van der Waals surface area contributed by atoms with Crippen LogP contribution in [0, 0.1) is 13.8 Å². The highest BCUT2D eigenvalue weighted by molar-refractivity contribution is 7.21. The number of anilines is 1. The van der Waals surface area contributed by atoms with Crippen molar-refractivity contribution in [1.82, 2.24) is 9.56 Å². The maximum atomic E-state index is 11.2. The summed E-state index contributed by atoms with van der Waals surface area (Å²) in [5.74, 6) is -1.16. The van der Waals surface area contributed by atoms with E-state index in [9.17, 15) is 9.90 Å². The van der Waals surface area contributed by atoms with Gasteiger partial charge in [0.25, 0.3) is 0 Å². The Hall–Kier alpha value is -2.51. The molecule has 1 atom stereocenters. The fourth-order valence-corrected chi connectivity index (χ4v) is 4.80. The highest BCUT2D eigenvalue weighted by atomic mass is 32.1. The fraction of sp³-hybridized carbons (Fsp3) is 0.381. The van der Waals surface area contributed by atoms with E-state index in [2.05, 4.69) is 47.6 Å². The molecule has 1 aliphatic carbocycles. The highest BCUT2D eigenvalue weighted by Crippen LogP contribution is 2.35. The first-order valence-corrected chi connectivity index (χ1v) is 10.1. The van der Waals surface area contributed by atoms with Gasteiger partial charge in [-0.05, 0) is 37.1 Å². The van der Waals surface area contributed by atoms with Crippen molar-refractivity contribution in [3.8, 4) is 10.6 Å². The van der Waals surface area contributed by atoms with Crippen molar-refractivity contribution in [2.75, 3.05) is 38.7 Å². The third kappa shape index (κ3) is 3.36. The molecule has 0 spiro atoms. The van der Waals surface area contributed by atoms with Crippen LogP contribution in [0.25, 0.3) is 20.8 Å². The van der Waals surface area contributed by atoms with Crippen LogP contribution in [0.1, 0.15) is 11.1 Å². The average Bonchev–Trinajstić information content (AvgIpc) is 2.66. The van der Waals surface area contributed by atoms with Gasteiger partial charge in [-0.25, -0.2) is 9.56 Å². The lowest BCUT2D eigenvalue weighted by Gasteiger charge is -2.35. The van der Waals surface area contributed by atoms with Gasteiger partial charge in [0.15, 0.2) is 0 Å². The molecule has 1 saturated heterocycles. The summed E-state index contributed by atoms with van der Waals surface area (Å²) < 4.78 is 8.49. The molecule has 1 aromatic rings. The third-order valence-electron chi connectivity index (χ3n) is 5.15. The number of hydrogen-bond donors (Lipinski definition) is 0. The van der Waals surface area contributed by atoms with Crippen molar-refractivity contribution in [3.05, 3.63) is 40.7 Å². The second-order valence-electron chi connectivity index (χ2n) is 7.45. The standard InChI is InChI=1S/C21H23N3O3S/c1-12-7-14(23(3)4)9-17-19(12)22-20-13(2)8-15(10-18(20)28-17)24-5-6-27-16(11-24)21(25)26/h7-10,16H,5-6,11H2,1-4H3. The Morgan fingerprint density at radius 1 is 1.25 bits per heavy atom. The van der Waals surface area contributed by atoms with Gasteiger partial charge in [0, 0.05) is 30.9 Å². The molecule has 0 bridgehead atoms. The zero-order valence-electron chi connectivity index (χ0n) is 16.5. The third-order valence-corrected chi connectivity index (χ3v) is 6.22. The van der Waals surface area contributed by atoms with Crippen molar-refractivity contribution in [2.24, 2.45) is 0 Å². The number of rotatable bonds is 2. The molecule has 0 N–H and O–H groups in total. The minimum Gasteiger partial charge on any atom is -0.547 e. The number of nitrogens with zero attached hydrogens (tertiary/aromatic N) is 3. The summed E-state index contributed by atoms with van der Waals surface area (Å²) in [6, 6.07) is 8.51. The van der Waals surface area contributed by atoms with Crippen LogP contribution in [-0.2, 0) is 9.53 Å². The van der Waals surface area contributed by atoms with Crippen LogP contribution in [0.4, 0.5) is 5.69 Å². The van der Waals surface area contributed by atoms with Crippen LogP contribution >= 0.6 is 11.3 Å². The van der Waals surface area contributed by atoms with Gasteiger partial charge in [-0.15, -0.1) is 11.3 Å². The normalized spacial score (nSPS) is 17.3. The molecule has 6 nitrogen and oxygen atoms in total. The number of hydrogen-bond acceptors (Lipinski definition) is 6. The van der Waals surface area contributed by atoms with E-state index >= 15 is 0 Å². The minimum atomic E-state index is -1.16. The van der Waals surface area contributed by atoms with Gasteiger partial charge in [-0.2, -0.15) is 0 Å². The van der Waals surface area contributed by atoms with Gasteiger partial charge in [-0.3, -0.25) is 0 Å². The zero-order chi connectivity index (χ0) is 20.0. The van der Waals surface area contributed by atoms with E-state index in [1.165, 1.54) is 0 Å². The second-order valence-corrected chi connectivity index (χ2v) is 8.54. The molecule has 1 aromatic carbocycles. The Morgan fingerprint density at radius 3 is 2.75 bits per heavy atom. The molecule has 7 heteroatoms. The van der Waals surface area contributed by atoms with Gasteiger partial charge in [0.1, 0.15) is 20.2 Å². The monoisotopic (exact) mass is 397 g/mol. The number of benzene rings is 2. The summed E-state index contributed by atoms with van der Waals surface area (Å²) >= 11 is 1.72. The van der Waals surface area contributed by atoms with Crippen LogP contribution in [-0.4, -0.2) is 50.8 Å². The first-order chi connectivity index (χ1) is 13.3. The fourth-order valence-electron chi connectivity index (χ4n) is 3.60. The quantitative estimate of drug-likeness (QED) is 0.477. The molecular weight excluding hydrogens is 374 g/mol. The van der Waals surface area contributed by atoms with Crippen LogP contribution in [0.15, 0.2) is 24.3 Å². The number of fused-ring (bicyclic) bond motifs is 2. The lowest BCUT2D eigenvalue weighted by Crippen LogP contribution is -2.50. The molecule has 1 unspecified atom stereocenters. The molecule has 2 aliphatic heterocycles. The summed E-state index contributed by atoms with van der Waals surface area (Å²) in [6.45, 7) is 5.48. The molecule has 0 amide bonds. The lowest BCUT2D eigenvalue weighted by atomic mass is 10.1. The van der Waals surface area contributed by atoms with Crippen molar-refractivity contribution < 1.29 is 14.6 Å². The maximum Gasteiger partial charge on any atom is 0.201 e. The number of aliphatic carboxylic acids is 1. The lowest BCUT2D eigenvalue weighted by molar-refractivity contribution is -0.316. The first-order valence-electron chi connectivity index (χ1n) is 9.27. The number of carbonyl (C=O) groups is 1. The number of carboxylic acid groups (broad SMARTS) is 1. The number of aryl methyl sites for hydroxylation is 2. The minimum absolute atomic E-state index is 0.294. The summed E-state index contributed by atoms with van der Waals surface area (Å²) in [6.07, 6.45) is -0.895. The Morgan fingerprint density at radius 2 is 2.04 bits per heavy atom. The molecule has 4 rings (SSSR count). The average molecular weight is 398 g/mol. The van der Waals surface area contributed by atoms with E-state index in [4.69, 9.17) is 9.72 Å². The van der Waals surface area contributed by atoms with Crippen LogP contribution in [0.2, 0.25) is 0 Å². The van der Waals surface area contributed by atoms with Crippen LogP contribution in [0.3, 0.4) is 0 Å². The molecular formula is C21H23N3O3S. The highest BCUT2D eigenvalue weighted by Gasteiger charge is 2.23. The number of ether oxygens (including phenoxy) is 1. The summed E-state index contributed by atoms with van der Waals surface area (Å²) in [5, 5.41) is 12.4. The molecule has 0 saturated carbocycles. The second kappa shape index (κ2) is 7.14. The van der Waals surface area contributed by atoms with E-state index in [1.54, 1.807) is 11.3 Å². The molecule has 0 aromatic heterocycles. The van der Waals surface area contributed by atoms with Crippen molar-refractivity contribution in [3.63, 3.8) is 0 Å². The Bertz CT molecular complexity index is 1120. The molecule has 3 aliphatic rings. The summed E-state index contributed by atoms with van der Waals surface area (Å²) in [5.41, 5.74) is 5.26. The Kier molecular flexibility index (Phi) is 4.81. The van der Waals surface area contributed by atoms with Gasteiger partial charge in [0.05, 0.1) is 33.4 Å². The topological polar surface area (TPSA) is 68.5 Å². The summed E-state index contributed by atoms with van der Waals surface area (Å²) in [7, 11) is 4.07. The van der Waals surface area contributed by atoms with Crippen molar-refractivity contribution in [1.29, 1.82) is 0 Å². The number of carboxylic acids is 1. The maximum absolute atomic E-state index is 11.2. The Balaban J connectivity index is 1.86. The molecule has 1 fully saturated rings. The van der Waals surface area contributed by atoms with Gasteiger partial charge in [0.2, 0.25) is 5.36 Å². The van der Waals surface area contributed by atoms with Gasteiger partial charge < -0.3 is 19.5 Å². The molecule has 146 valence electrons. The number of carbonyl (C=O) groups excluding carboxylic acids is 1. The van der Waals surface area contributed by atoms with Crippen molar-refractivity contribution in [2.45, 2.75) is 20.0 Å². The first kappa shape index (κ1) is 18.8. The van der Waals surface area contributed by atoms with E-state index < -0.39 is 12.1 Å². The zero-order valence-corrected chi connectivity index (χ0v) is 17.3. The van der Waals surface area contributed by atoms with Gasteiger partial charge >= 0.3 is 0 Å². The van der Waals surface area contributed by atoms with E-state index in [-0.39, 0.29) is 0 Å². The number of morpholine rings is 1. The van der Waals surface area contributed by atoms with Crippen molar-refractivity contribution >= 4 is 33.2 Å². The smallest absolute Gasteiger partial charge is 0.201 e. The van der Waals surface area contributed by atoms with E-state index in [1.807, 2.05) is 14.1 Å². The SMILES string of the molecule is Cc1cc(=[N+](C)C)cc2sc3cc(N4CCOC(C(=O)[O-])C4)cc(C)c3nc1-2. The van der Waals surface area contributed by atoms with Crippen LogP contribution in [0.5, 0.6) is 0 Å². The molecule has 2 heterocycles. The Labute approximate surface area is 167 Å². The van der Waals surface area contributed by atoms with E-state index in [0.29, 0.717) is 19.7 Å². The van der Waals surface area contributed by atoms with Crippen LogP contribution < -0.4 is 19.9 Å². The van der Waals surface area contributed by atoms with Gasteiger partial charge in [-0.1, -0.05) is 0 Å². The molecule has 0 radical (unpaired) electrons. The predicted molar refractivity (Wildman–Crippen MR) is 110 cm³/mol.